The number of benzene rings is 2. The van der Waals surface area contributed by atoms with Crippen LogP contribution >= 0.6 is 15.9 Å². The molecule has 2 amide bonds. The zero-order valence-electron chi connectivity index (χ0n) is 11.7. The van der Waals surface area contributed by atoms with Crippen LogP contribution in [0.2, 0.25) is 0 Å². The van der Waals surface area contributed by atoms with Crippen molar-refractivity contribution in [2.24, 2.45) is 0 Å². The molecule has 1 aliphatic rings. The van der Waals surface area contributed by atoms with Gasteiger partial charge in [-0.15, -0.1) is 0 Å². The van der Waals surface area contributed by atoms with Crippen molar-refractivity contribution in [2.45, 2.75) is 19.1 Å². The highest BCUT2D eigenvalue weighted by molar-refractivity contribution is 9.10. The molecule has 1 atom stereocenters. The third kappa shape index (κ3) is 3.04. The van der Waals surface area contributed by atoms with Gasteiger partial charge in [-0.2, -0.15) is 0 Å². The third-order valence-electron chi connectivity index (χ3n) is 3.47. The Morgan fingerprint density at radius 3 is 2.09 bits per heavy atom. The average Bonchev–Trinajstić information content (AvgIpc) is 2.87. The number of likely N-dealkylation sites (tertiary alicyclic amines) is 1. The molecule has 0 unspecified atom stereocenters. The predicted octanol–water partition coefficient (Wildman–Crippen LogP) is 3.68. The number of hydrogen-bond acceptors (Lipinski definition) is 3. The summed E-state index contributed by atoms with van der Waals surface area (Å²) in [6.07, 6.45) is -0.248. The number of nitrogens with zero attached hydrogens (tertiary/aromatic N) is 1. The van der Waals surface area contributed by atoms with Gasteiger partial charge in [0.15, 0.2) is 0 Å². The van der Waals surface area contributed by atoms with E-state index >= 15 is 0 Å². The summed E-state index contributed by atoms with van der Waals surface area (Å²) in [5.74, 6) is 0.205. The van der Waals surface area contributed by atoms with Crippen LogP contribution in [0.4, 0.5) is 0 Å². The molecule has 0 radical (unpaired) electrons. The molecule has 1 heterocycles. The van der Waals surface area contributed by atoms with Gasteiger partial charge in [0.05, 0.1) is 0 Å². The molecule has 22 heavy (non-hydrogen) atoms. The second-order valence-electron chi connectivity index (χ2n) is 4.99. The Morgan fingerprint density at radius 1 is 0.909 bits per heavy atom. The molecular formula is C17H14BrNO3. The summed E-state index contributed by atoms with van der Waals surface area (Å²) >= 11 is 3.37. The Morgan fingerprint density at radius 2 is 1.50 bits per heavy atom. The van der Waals surface area contributed by atoms with Crippen molar-refractivity contribution in [1.29, 1.82) is 0 Å². The largest absolute Gasteiger partial charge is 0.466 e. The Hall–Kier alpha value is -2.14. The Kier molecular flexibility index (Phi) is 4.24. The Bertz CT molecular complexity index is 669. The van der Waals surface area contributed by atoms with Gasteiger partial charge < -0.3 is 4.74 Å². The number of amides is 2. The summed E-state index contributed by atoms with van der Waals surface area (Å²) in [4.78, 5) is 25.3. The van der Waals surface area contributed by atoms with E-state index in [0.29, 0.717) is 5.75 Å². The lowest BCUT2D eigenvalue weighted by atomic mass is 10.2. The third-order valence-corrected chi connectivity index (χ3v) is 4.00. The molecule has 0 saturated carbocycles. The number of carbonyl (C=O) groups is 2. The number of imide groups is 1. The van der Waals surface area contributed by atoms with Crippen molar-refractivity contribution in [3.63, 3.8) is 0 Å². The molecule has 0 aromatic heterocycles. The summed E-state index contributed by atoms with van der Waals surface area (Å²) in [5.41, 5.74) is 0.772. The van der Waals surface area contributed by atoms with Crippen LogP contribution in [0.15, 0.2) is 59.1 Å². The first-order valence-corrected chi connectivity index (χ1v) is 7.76. The van der Waals surface area contributed by atoms with Crippen LogP contribution in [-0.4, -0.2) is 16.7 Å². The van der Waals surface area contributed by atoms with Gasteiger partial charge in [-0.25, -0.2) is 4.90 Å². The van der Waals surface area contributed by atoms with Gasteiger partial charge in [0.25, 0.3) is 0 Å². The van der Waals surface area contributed by atoms with Gasteiger partial charge in [0.1, 0.15) is 5.75 Å². The molecule has 5 heteroatoms. The molecule has 1 aliphatic heterocycles. The molecule has 0 spiro atoms. The fraction of sp³-hybridized carbons (Fsp3) is 0.176. The maximum Gasteiger partial charge on any atom is 0.232 e. The smallest absolute Gasteiger partial charge is 0.232 e. The molecule has 0 N–H and O–H groups in total. The molecule has 3 rings (SSSR count). The molecule has 2 aromatic carbocycles. The Balaban J connectivity index is 1.94. The van der Waals surface area contributed by atoms with E-state index in [0.717, 1.165) is 10.0 Å². The van der Waals surface area contributed by atoms with E-state index in [1.54, 1.807) is 12.1 Å². The monoisotopic (exact) mass is 359 g/mol. The molecule has 2 aromatic rings. The van der Waals surface area contributed by atoms with Crippen LogP contribution in [0.5, 0.6) is 5.75 Å². The van der Waals surface area contributed by atoms with Crippen molar-refractivity contribution in [1.82, 2.24) is 4.90 Å². The van der Waals surface area contributed by atoms with Crippen LogP contribution in [0.1, 0.15) is 24.6 Å². The second kappa shape index (κ2) is 6.32. The minimum atomic E-state index is -0.732. The number of rotatable bonds is 4. The predicted molar refractivity (Wildman–Crippen MR) is 85.0 cm³/mol. The first kappa shape index (κ1) is 14.8. The minimum absolute atomic E-state index is 0.198. The fourth-order valence-corrected chi connectivity index (χ4v) is 2.65. The van der Waals surface area contributed by atoms with Crippen molar-refractivity contribution in [3.8, 4) is 5.75 Å². The van der Waals surface area contributed by atoms with Crippen LogP contribution in [0.25, 0.3) is 0 Å². The van der Waals surface area contributed by atoms with Gasteiger partial charge in [-0.05, 0) is 24.3 Å². The lowest BCUT2D eigenvalue weighted by Gasteiger charge is -2.27. The molecule has 1 fully saturated rings. The van der Waals surface area contributed by atoms with E-state index in [-0.39, 0.29) is 24.7 Å². The summed E-state index contributed by atoms with van der Waals surface area (Å²) in [7, 11) is 0. The first-order chi connectivity index (χ1) is 10.6. The molecule has 0 aliphatic carbocycles. The van der Waals surface area contributed by atoms with E-state index in [9.17, 15) is 9.59 Å². The molecule has 1 saturated heterocycles. The number of halogens is 1. The van der Waals surface area contributed by atoms with Crippen molar-refractivity contribution in [2.75, 3.05) is 0 Å². The van der Waals surface area contributed by atoms with E-state index in [4.69, 9.17) is 4.74 Å². The second-order valence-corrected chi connectivity index (χ2v) is 5.91. The normalized spacial score (nSPS) is 16.0. The van der Waals surface area contributed by atoms with E-state index < -0.39 is 6.23 Å². The minimum Gasteiger partial charge on any atom is -0.466 e. The Labute approximate surface area is 136 Å². The highest BCUT2D eigenvalue weighted by atomic mass is 79.9. The van der Waals surface area contributed by atoms with E-state index in [2.05, 4.69) is 15.9 Å². The number of ether oxygens (including phenoxy) is 1. The zero-order valence-corrected chi connectivity index (χ0v) is 13.3. The van der Waals surface area contributed by atoms with Gasteiger partial charge in [0.2, 0.25) is 18.0 Å². The summed E-state index contributed by atoms with van der Waals surface area (Å²) in [6, 6.07) is 16.6. The summed E-state index contributed by atoms with van der Waals surface area (Å²) in [6.45, 7) is 0. The maximum absolute atomic E-state index is 12.1. The van der Waals surface area contributed by atoms with Crippen LogP contribution in [0, 0.1) is 0 Å². The van der Waals surface area contributed by atoms with Gasteiger partial charge in [0, 0.05) is 22.9 Å². The van der Waals surface area contributed by atoms with Crippen molar-refractivity contribution >= 4 is 27.7 Å². The zero-order chi connectivity index (χ0) is 15.5. The van der Waals surface area contributed by atoms with Crippen LogP contribution in [0.3, 0.4) is 0 Å². The fourth-order valence-electron chi connectivity index (χ4n) is 2.38. The van der Waals surface area contributed by atoms with E-state index in [1.165, 1.54) is 4.90 Å². The average molecular weight is 360 g/mol. The summed E-state index contributed by atoms with van der Waals surface area (Å²) in [5, 5.41) is 0. The quantitative estimate of drug-likeness (QED) is 0.782. The topological polar surface area (TPSA) is 46.6 Å². The molecule has 112 valence electrons. The SMILES string of the molecule is O=C1CCC(=O)N1[C@@H](Oc1ccc(Br)cc1)c1ccccc1. The maximum atomic E-state index is 12.1. The lowest BCUT2D eigenvalue weighted by Crippen LogP contribution is -2.36. The molecule has 0 bridgehead atoms. The molecular weight excluding hydrogens is 346 g/mol. The van der Waals surface area contributed by atoms with E-state index in [1.807, 2.05) is 42.5 Å². The van der Waals surface area contributed by atoms with Crippen molar-refractivity contribution < 1.29 is 14.3 Å². The first-order valence-electron chi connectivity index (χ1n) is 6.97. The van der Waals surface area contributed by atoms with Crippen molar-refractivity contribution in [3.05, 3.63) is 64.6 Å². The van der Waals surface area contributed by atoms with Gasteiger partial charge in [-0.1, -0.05) is 46.3 Å². The highest BCUT2D eigenvalue weighted by Gasteiger charge is 2.37. The van der Waals surface area contributed by atoms with Gasteiger partial charge >= 0.3 is 0 Å². The van der Waals surface area contributed by atoms with Gasteiger partial charge in [-0.3, -0.25) is 9.59 Å². The van der Waals surface area contributed by atoms with Crippen LogP contribution < -0.4 is 4.74 Å². The van der Waals surface area contributed by atoms with Crippen LogP contribution in [-0.2, 0) is 9.59 Å². The lowest BCUT2D eigenvalue weighted by molar-refractivity contribution is -0.148. The summed E-state index contributed by atoms with van der Waals surface area (Å²) < 4.78 is 6.88. The standard InChI is InChI=1S/C17H14BrNO3/c18-13-6-8-14(9-7-13)22-17(12-4-2-1-3-5-12)19-15(20)10-11-16(19)21/h1-9,17H,10-11H2/t17-/m0/s1. The number of hydrogen-bond donors (Lipinski definition) is 0. The molecule has 4 nitrogen and oxygen atoms in total. The number of carbonyl (C=O) groups excluding carboxylic acids is 2. The highest BCUT2D eigenvalue weighted by Crippen LogP contribution is 2.30.